The van der Waals surface area contributed by atoms with Crippen molar-refractivity contribution < 1.29 is 39.3 Å². The van der Waals surface area contributed by atoms with E-state index in [9.17, 15) is 9.59 Å². The molecule has 0 aromatic carbocycles. The van der Waals surface area contributed by atoms with Crippen LogP contribution in [0.2, 0.25) is 0 Å². The Kier molecular flexibility index (Phi) is 53.6. The van der Waals surface area contributed by atoms with Gasteiger partial charge in [0.1, 0.15) is 0 Å². The van der Waals surface area contributed by atoms with Crippen molar-refractivity contribution in [2.24, 2.45) is 0 Å². The van der Waals surface area contributed by atoms with Crippen LogP contribution < -0.4 is 0 Å². The average molecular weight is 747 g/mol. The molecular weight excluding hydrogens is 658 g/mol. The molecule has 0 atom stereocenters. The molecule has 4 nitrogen and oxygen atoms in total. The van der Waals surface area contributed by atoms with E-state index in [1.54, 1.807) is 0 Å². The van der Waals surface area contributed by atoms with E-state index < -0.39 is 11.9 Å². The molecule has 0 saturated carbocycles. The van der Waals surface area contributed by atoms with E-state index >= 15 is 0 Å². The summed E-state index contributed by atoms with van der Waals surface area (Å²) in [7, 11) is 0. The molecule has 5 heteroatoms. The number of hydrogen-bond donors (Lipinski definition) is 2. The van der Waals surface area contributed by atoms with E-state index in [0.717, 1.165) is 25.7 Å². The molecule has 0 spiro atoms. The molecule has 0 radical (unpaired) electrons. The number of hydrogen-bond acceptors (Lipinski definition) is 2. The van der Waals surface area contributed by atoms with Crippen LogP contribution in [0.4, 0.5) is 0 Å². The maximum Gasteiger partial charge on any atom is 0.303 e. The molecule has 0 heterocycles. The first-order chi connectivity index (χ1) is 23.5. The van der Waals surface area contributed by atoms with E-state index in [1.807, 2.05) is 0 Å². The summed E-state index contributed by atoms with van der Waals surface area (Å²) in [4.78, 5) is 20.8. The number of carbonyl (C=O) groups is 2. The molecule has 0 aromatic rings. The minimum Gasteiger partial charge on any atom is -0.481 e. The Bertz CT molecular complexity index is 560. The van der Waals surface area contributed by atoms with Gasteiger partial charge in [-0.1, -0.05) is 245 Å². The van der Waals surface area contributed by atoms with Crippen molar-refractivity contribution in [3.8, 4) is 0 Å². The molecule has 2 N–H and O–H groups in total. The molecule has 0 amide bonds. The van der Waals surface area contributed by atoms with Crippen molar-refractivity contribution in [1.29, 1.82) is 0 Å². The van der Waals surface area contributed by atoms with E-state index in [-0.39, 0.29) is 19.5 Å². The molecule has 0 aliphatic heterocycles. The largest absolute Gasteiger partial charge is 0.481 e. The zero-order valence-corrected chi connectivity index (χ0v) is 36.7. The predicted octanol–water partition coefficient (Wildman–Crippen LogP) is 15.8. The van der Waals surface area contributed by atoms with Crippen LogP contribution >= 0.6 is 0 Å². The van der Waals surface area contributed by atoms with Crippen LogP contribution in [0.5, 0.6) is 0 Å². The van der Waals surface area contributed by atoms with Gasteiger partial charge in [-0.05, 0) is 12.8 Å². The summed E-state index contributed by atoms with van der Waals surface area (Å²) in [6, 6.07) is 0. The SMILES string of the molecule is CCCCCCCCCCCCCCCCCCCCCC(=O)O.CCCCCCCCCCCCCCCCCCCCCC(=O)O.[Zn]. The standard InChI is InChI=1S/2C22H44O2.Zn/c2*1-2-3-4-5-6-7-8-9-10-11-12-13-14-15-16-17-18-19-20-21-22(23)24;/h2*2-21H2,1H3,(H,23,24);. The summed E-state index contributed by atoms with van der Waals surface area (Å²) in [5.74, 6) is -1.30. The maximum atomic E-state index is 10.4. The van der Waals surface area contributed by atoms with Gasteiger partial charge in [-0.25, -0.2) is 0 Å². The third-order valence-electron chi connectivity index (χ3n) is 9.99. The van der Waals surface area contributed by atoms with Crippen molar-refractivity contribution in [3.05, 3.63) is 0 Å². The fourth-order valence-electron chi connectivity index (χ4n) is 6.71. The molecule has 0 aromatic heterocycles. The molecule has 49 heavy (non-hydrogen) atoms. The van der Waals surface area contributed by atoms with Gasteiger partial charge in [-0.2, -0.15) is 0 Å². The van der Waals surface area contributed by atoms with Crippen LogP contribution in [0.3, 0.4) is 0 Å². The molecule has 0 fully saturated rings. The minimum atomic E-state index is -0.651. The van der Waals surface area contributed by atoms with E-state index in [0.29, 0.717) is 12.8 Å². The van der Waals surface area contributed by atoms with Crippen molar-refractivity contribution in [1.82, 2.24) is 0 Å². The first-order valence-corrected chi connectivity index (χ1v) is 22.0. The Balaban J connectivity index is -0.000000846. The van der Waals surface area contributed by atoms with Gasteiger partial charge in [0.2, 0.25) is 0 Å². The minimum absolute atomic E-state index is 0. The van der Waals surface area contributed by atoms with Gasteiger partial charge in [-0.3, -0.25) is 9.59 Å². The normalized spacial score (nSPS) is 10.8. The zero-order chi connectivity index (χ0) is 35.4. The average Bonchev–Trinajstić information content (AvgIpc) is 3.07. The molecule has 0 bridgehead atoms. The molecule has 0 saturated heterocycles. The summed E-state index contributed by atoms with van der Waals surface area (Å²) in [5.41, 5.74) is 0. The summed E-state index contributed by atoms with van der Waals surface area (Å²) in [6.07, 6.45) is 52.2. The van der Waals surface area contributed by atoms with Gasteiger partial charge in [0.05, 0.1) is 0 Å². The van der Waals surface area contributed by atoms with Crippen molar-refractivity contribution in [2.45, 2.75) is 271 Å². The van der Waals surface area contributed by atoms with Crippen molar-refractivity contribution in [3.63, 3.8) is 0 Å². The van der Waals surface area contributed by atoms with Gasteiger partial charge < -0.3 is 10.2 Å². The molecular formula is C44H88O4Zn. The quantitative estimate of drug-likeness (QED) is 0.0484. The number of rotatable bonds is 40. The second-order valence-corrected chi connectivity index (χ2v) is 15.0. The third-order valence-corrected chi connectivity index (χ3v) is 9.99. The third kappa shape index (κ3) is 57.2. The summed E-state index contributed by atoms with van der Waals surface area (Å²) in [5, 5.41) is 17.1. The summed E-state index contributed by atoms with van der Waals surface area (Å²) >= 11 is 0. The van der Waals surface area contributed by atoms with E-state index in [4.69, 9.17) is 10.2 Å². The van der Waals surface area contributed by atoms with Crippen LogP contribution in [-0.4, -0.2) is 22.2 Å². The fraction of sp³-hybridized carbons (Fsp3) is 0.955. The number of carboxylic acid groups (broad SMARTS) is 2. The second kappa shape index (κ2) is 49.7. The van der Waals surface area contributed by atoms with Crippen molar-refractivity contribution in [2.75, 3.05) is 0 Å². The molecule has 290 valence electrons. The Morgan fingerprint density at radius 3 is 0.510 bits per heavy atom. The van der Waals surface area contributed by atoms with Crippen LogP contribution in [0.15, 0.2) is 0 Å². The Hall–Kier alpha value is -0.437. The number of aliphatic carboxylic acids is 2. The number of unbranched alkanes of at least 4 members (excludes halogenated alkanes) is 36. The zero-order valence-electron chi connectivity index (χ0n) is 33.7. The van der Waals surface area contributed by atoms with Gasteiger partial charge in [0.25, 0.3) is 0 Å². The van der Waals surface area contributed by atoms with Crippen LogP contribution in [0.1, 0.15) is 271 Å². The fourth-order valence-corrected chi connectivity index (χ4v) is 6.71. The molecule has 0 aliphatic rings. The van der Waals surface area contributed by atoms with Crippen LogP contribution in [-0.2, 0) is 29.1 Å². The first-order valence-electron chi connectivity index (χ1n) is 22.0. The predicted molar refractivity (Wildman–Crippen MR) is 211 cm³/mol. The van der Waals surface area contributed by atoms with Gasteiger partial charge >= 0.3 is 11.9 Å². The van der Waals surface area contributed by atoms with E-state index in [2.05, 4.69) is 13.8 Å². The first kappa shape index (κ1) is 52.9. The summed E-state index contributed by atoms with van der Waals surface area (Å²) < 4.78 is 0. The van der Waals surface area contributed by atoms with Crippen LogP contribution in [0.25, 0.3) is 0 Å². The van der Waals surface area contributed by atoms with Crippen molar-refractivity contribution >= 4 is 11.9 Å². The summed E-state index contributed by atoms with van der Waals surface area (Å²) in [6.45, 7) is 4.57. The molecule has 0 unspecified atom stereocenters. The smallest absolute Gasteiger partial charge is 0.303 e. The van der Waals surface area contributed by atoms with E-state index in [1.165, 1.54) is 218 Å². The monoisotopic (exact) mass is 745 g/mol. The van der Waals surface area contributed by atoms with Crippen LogP contribution in [0, 0.1) is 0 Å². The second-order valence-electron chi connectivity index (χ2n) is 15.0. The number of carboxylic acids is 2. The Labute approximate surface area is 320 Å². The van der Waals surface area contributed by atoms with Gasteiger partial charge in [0, 0.05) is 32.3 Å². The van der Waals surface area contributed by atoms with Gasteiger partial charge in [-0.15, -0.1) is 0 Å². The van der Waals surface area contributed by atoms with Gasteiger partial charge in [0.15, 0.2) is 0 Å². The topological polar surface area (TPSA) is 74.6 Å². The molecule has 0 aliphatic carbocycles. The molecule has 0 rings (SSSR count). The maximum absolute atomic E-state index is 10.4. The Morgan fingerprint density at radius 1 is 0.265 bits per heavy atom. The Morgan fingerprint density at radius 2 is 0.388 bits per heavy atom.